The third kappa shape index (κ3) is 3.58. The summed E-state index contributed by atoms with van der Waals surface area (Å²) in [6.45, 7) is 4.03. The molecule has 0 atom stereocenters. The lowest BCUT2D eigenvalue weighted by molar-refractivity contribution is -0.122. The topological polar surface area (TPSA) is 70.1 Å². The molecule has 2 aliphatic rings. The molecular formula is C20H19N3O3S3. The van der Waals surface area contributed by atoms with Crippen molar-refractivity contribution in [3.05, 3.63) is 64.0 Å². The minimum atomic E-state index is -3.91. The average molecular weight is 446 g/mol. The van der Waals surface area contributed by atoms with Gasteiger partial charge in [-0.25, -0.2) is 0 Å². The van der Waals surface area contributed by atoms with Gasteiger partial charge in [0.15, 0.2) is 5.17 Å². The monoisotopic (exact) mass is 445 g/mol. The number of aryl methyl sites for hydroxylation is 1. The Labute approximate surface area is 178 Å². The summed E-state index contributed by atoms with van der Waals surface area (Å²) < 4.78 is 29.5. The SMILES string of the molecule is CCN1C(=O)/C(=C2\Sc3ccccc3N2C)S/C1=N\S(=O)(=O)c1ccc(C)cc1. The first-order valence-corrected chi connectivity index (χ1v) is 12.1. The third-order valence-corrected chi connectivity index (χ3v) is 8.46. The Kier molecular flexibility index (Phi) is 5.22. The van der Waals surface area contributed by atoms with Crippen LogP contribution in [0.4, 0.5) is 5.69 Å². The summed E-state index contributed by atoms with van der Waals surface area (Å²) in [5.41, 5.74) is 1.99. The first kappa shape index (κ1) is 20.1. The van der Waals surface area contributed by atoms with E-state index in [4.69, 9.17) is 0 Å². The van der Waals surface area contributed by atoms with Gasteiger partial charge in [0.1, 0.15) is 4.91 Å². The smallest absolute Gasteiger partial charge is 0.284 e. The van der Waals surface area contributed by atoms with Crippen LogP contribution in [-0.4, -0.2) is 38.0 Å². The Balaban J connectivity index is 1.73. The summed E-state index contributed by atoms with van der Waals surface area (Å²) in [4.78, 5) is 18.1. The molecule has 2 heterocycles. The maximum atomic E-state index is 13.0. The number of rotatable bonds is 3. The van der Waals surface area contributed by atoms with E-state index in [1.165, 1.54) is 28.8 Å². The third-order valence-electron chi connectivity index (χ3n) is 4.63. The van der Waals surface area contributed by atoms with Crippen LogP contribution in [0.25, 0.3) is 0 Å². The molecule has 2 aromatic rings. The summed E-state index contributed by atoms with van der Waals surface area (Å²) in [5.74, 6) is -0.225. The lowest BCUT2D eigenvalue weighted by atomic mass is 10.2. The van der Waals surface area contributed by atoms with Crippen LogP contribution in [0.1, 0.15) is 12.5 Å². The fraction of sp³-hybridized carbons (Fsp3) is 0.200. The van der Waals surface area contributed by atoms with Gasteiger partial charge in [-0.15, -0.1) is 4.40 Å². The van der Waals surface area contributed by atoms with Crippen molar-refractivity contribution >= 4 is 50.3 Å². The zero-order chi connectivity index (χ0) is 20.8. The Morgan fingerprint density at radius 1 is 1.03 bits per heavy atom. The Morgan fingerprint density at radius 2 is 1.72 bits per heavy atom. The van der Waals surface area contributed by atoms with Crippen molar-refractivity contribution < 1.29 is 13.2 Å². The van der Waals surface area contributed by atoms with E-state index >= 15 is 0 Å². The molecule has 0 saturated carbocycles. The maximum Gasteiger partial charge on any atom is 0.284 e. The number of anilines is 1. The number of sulfonamides is 1. The molecule has 2 aliphatic heterocycles. The quantitative estimate of drug-likeness (QED) is 0.664. The van der Waals surface area contributed by atoms with Crippen LogP contribution in [0.3, 0.4) is 0 Å². The first-order chi connectivity index (χ1) is 13.8. The van der Waals surface area contributed by atoms with E-state index in [1.807, 2.05) is 43.1 Å². The second-order valence-electron chi connectivity index (χ2n) is 6.58. The molecule has 1 amide bonds. The standard InChI is InChI=1S/C20H19N3O3S3/c1-4-23-18(24)17(19-22(3)15-7-5-6-8-16(15)27-19)28-20(23)21-29(25,26)14-11-9-13(2)10-12-14/h5-12H,4H2,1-3H3/b19-17+,21-20-. The van der Waals surface area contributed by atoms with Crippen LogP contribution in [0.5, 0.6) is 0 Å². The van der Waals surface area contributed by atoms with Gasteiger partial charge in [0.25, 0.3) is 15.9 Å². The van der Waals surface area contributed by atoms with Crippen LogP contribution in [0.2, 0.25) is 0 Å². The molecule has 0 aromatic heterocycles. The lowest BCUT2D eigenvalue weighted by Gasteiger charge is -2.15. The Morgan fingerprint density at radius 3 is 2.38 bits per heavy atom. The number of para-hydroxylation sites is 1. The molecule has 29 heavy (non-hydrogen) atoms. The largest absolute Gasteiger partial charge is 0.337 e. The number of amidine groups is 1. The van der Waals surface area contributed by atoms with Crippen molar-refractivity contribution in [3.8, 4) is 0 Å². The van der Waals surface area contributed by atoms with Crippen LogP contribution in [-0.2, 0) is 14.8 Å². The van der Waals surface area contributed by atoms with Crippen molar-refractivity contribution in [2.24, 2.45) is 4.40 Å². The molecule has 6 nitrogen and oxygen atoms in total. The minimum Gasteiger partial charge on any atom is -0.337 e. The van der Waals surface area contributed by atoms with E-state index in [-0.39, 0.29) is 16.0 Å². The van der Waals surface area contributed by atoms with Crippen molar-refractivity contribution in [2.75, 3.05) is 18.5 Å². The highest BCUT2D eigenvalue weighted by molar-refractivity contribution is 8.19. The van der Waals surface area contributed by atoms with Gasteiger partial charge < -0.3 is 4.90 Å². The number of carbonyl (C=O) groups excluding carboxylic acids is 1. The van der Waals surface area contributed by atoms with Gasteiger partial charge in [-0.3, -0.25) is 9.69 Å². The molecule has 0 radical (unpaired) electrons. The molecule has 0 spiro atoms. The molecule has 4 rings (SSSR count). The van der Waals surface area contributed by atoms with Gasteiger partial charge in [-0.1, -0.05) is 41.6 Å². The molecule has 0 bridgehead atoms. The van der Waals surface area contributed by atoms with Crippen LogP contribution in [0, 0.1) is 6.92 Å². The van der Waals surface area contributed by atoms with Gasteiger partial charge in [-0.05, 0) is 49.9 Å². The van der Waals surface area contributed by atoms with E-state index in [1.54, 1.807) is 19.1 Å². The van der Waals surface area contributed by atoms with Crippen molar-refractivity contribution in [1.29, 1.82) is 0 Å². The van der Waals surface area contributed by atoms with E-state index in [2.05, 4.69) is 4.40 Å². The summed E-state index contributed by atoms with van der Waals surface area (Å²) in [6, 6.07) is 14.4. The molecule has 0 aliphatic carbocycles. The predicted molar refractivity (Wildman–Crippen MR) is 119 cm³/mol. The number of likely N-dealkylation sites (N-methyl/N-ethyl adjacent to an activating group) is 1. The Hall–Kier alpha value is -2.23. The van der Waals surface area contributed by atoms with Gasteiger partial charge in [0.05, 0.1) is 15.6 Å². The highest BCUT2D eigenvalue weighted by atomic mass is 32.2. The zero-order valence-electron chi connectivity index (χ0n) is 16.1. The second-order valence-corrected chi connectivity index (χ2v) is 10.2. The van der Waals surface area contributed by atoms with Crippen LogP contribution in [0.15, 0.2) is 72.7 Å². The summed E-state index contributed by atoms with van der Waals surface area (Å²) in [5, 5.41) is 0.975. The maximum absolute atomic E-state index is 13.0. The predicted octanol–water partition coefficient (Wildman–Crippen LogP) is 4.05. The molecule has 1 saturated heterocycles. The summed E-state index contributed by atoms with van der Waals surface area (Å²) in [7, 11) is -2.00. The van der Waals surface area contributed by atoms with Crippen molar-refractivity contribution in [1.82, 2.24) is 4.90 Å². The van der Waals surface area contributed by atoms with Gasteiger partial charge in [0.2, 0.25) is 0 Å². The lowest BCUT2D eigenvalue weighted by Crippen LogP contribution is -2.30. The molecular weight excluding hydrogens is 426 g/mol. The summed E-state index contributed by atoms with van der Waals surface area (Å²) in [6.07, 6.45) is 0. The number of benzene rings is 2. The average Bonchev–Trinajstić information content (AvgIpc) is 3.18. The van der Waals surface area contributed by atoms with Crippen molar-refractivity contribution in [2.45, 2.75) is 23.6 Å². The molecule has 0 N–H and O–H groups in total. The number of amides is 1. The van der Waals surface area contributed by atoms with Gasteiger partial charge in [0, 0.05) is 18.5 Å². The first-order valence-electron chi connectivity index (χ1n) is 8.98. The van der Waals surface area contributed by atoms with E-state index in [0.717, 1.165) is 32.9 Å². The number of nitrogens with zero attached hydrogens (tertiary/aromatic N) is 3. The number of hydrogen-bond donors (Lipinski definition) is 0. The fourth-order valence-corrected chi connectivity index (χ4v) is 6.64. The molecule has 9 heteroatoms. The van der Waals surface area contributed by atoms with Gasteiger partial charge >= 0.3 is 0 Å². The van der Waals surface area contributed by atoms with E-state index in [9.17, 15) is 13.2 Å². The van der Waals surface area contributed by atoms with Gasteiger partial charge in [-0.2, -0.15) is 8.42 Å². The number of carbonyl (C=O) groups is 1. The minimum absolute atomic E-state index is 0.112. The number of thioether (sulfide) groups is 2. The van der Waals surface area contributed by atoms with Crippen molar-refractivity contribution in [3.63, 3.8) is 0 Å². The Bertz CT molecular complexity index is 1150. The summed E-state index contributed by atoms with van der Waals surface area (Å²) >= 11 is 2.62. The molecule has 2 aromatic carbocycles. The van der Waals surface area contributed by atoms with Crippen LogP contribution >= 0.6 is 23.5 Å². The number of fused-ring (bicyclic) bond motifs is 1. The second kappa shape index (κ2) is 7.55. The molecule has 1 fully saturated rings. The van der Waals surface area contributed by atoms with E-state index in [0.29, 0.717) is 11.4 Å². The highest BCUT2D eigenvalue weighted by Crippen LogP contribution is 2.49. The highest BCUT2D eigenvalue weighted by Gasteiger charge is 2.39. The van der Waals surface area contributed by atoms with Crippen LogP contribution < -0.4 is 4.90 Å². The molecule has 0 unspecified atom stereocenters. The van der Waals surface area contributed by atoms with E-state index < -0.39 is 10.0 Å². The number of hydrogen-bond acceptors (Lipinski definition) is 6. The zero-order valence-corrected chi connectivity index (χ0v) is 18.6. The normalized spacial score (nSPS) is 20.7. The fourth-order valence-electron chi connectivity index (χ4n) is 3.05. The molecule has 150 valence electrons.